The van der Waals surface area contributed by atoms with E-state index in [-0.39, 0.29) is 16.7 Å². The van der Waals surface area contributed by atoms with Crippen molar-refractivity contribution in [3.63, 3.8) is 0 Å². The lowest BCUT2D eigenvalue weighted by Crippen LogP contribution is -2.47. The fourth-order valence-electron chi connectivity index (χ4n) is 3.49. The molecule has 3 rings (SSSR count). The van der Waals surface area contributed by atoms with E-state index in [4.69, 9.17) is 0 Å². The summed E-state index contributed by atoms with van der Waals surface area (Å²) >= 11 is 0. The van der Waals surface area contributed by atoms with Crippen LogP contribution in [0.5, 0.6) is 0 Å². The van der Waals surface area contributed by atoms with E-state index < -0.39 is 10.0 Å². The summed E-state index contributed by atoms with van der Waals surface area (Å²) in [5.41, 5.74) is 2.90. The summed E-state index contributed by atoms with van der Waals surface area (Å²) < 4.78 is 27.6. The Kier molecular flexibility index (Phi) is 6.41. The predicted molar refractivity (Wildman–Crippen MR) is 116 cm³/mol. The molecule has 1 fully saturated rings. The molecule has 29 heavy (non-hydrogen) atoms. The van der Waals surface area contributed by atoms with Gasteiger partial charge in [-0.05, 0) is 49.2 Å². The van der Waals surface area contributed by atoms with E-state index >= 15 is 0 Å². The number of para-hydroxylation sites is 1. The van der Waals surface area contributed by atoms with Gasteiger partial charge in [-0.2, -0.15) is 4.31 Å². The second-order valence-corrected chi connectivity index (χ2v) is 9.82. The summed E-state index contributed by atoms with van der Waals surface area (Å²) in [4.78, 5) is 15.2. The summed E-state index contributed by atoms with van der Waals surface area (Å²) in [5.74, 6) is -0.0393. The first kappa shape index (κ1) is 21.5. The van der Waals surface area contributed by atoms with Crippen molar-refractivity contribution >= 4 is 21.6 Å². The van der Waals surface area contributed by atoms with Crippen LogP contribution >= 0.6 is 0 Å². The Labute approximate surface area is 173 Å². The van der Waals surface area contributed by atoms with Crippen molar-refractivity contribution in [2.75, 3.05) is 38.5 Å². The highest BCUT2D eigenvalue weighted by Crippen LogP contribution is 2.26. The van der Waals surface area contributed by atoms with E-state index in [1.165, 1.54) is 10.4 Å². The van der Waals surface area contributed by atoms with Crippen LogP contribution < -0.4 is 5.32 Å². The fraction of sp³-hybridized carbons (Fsp3) is 0.409. The van der Waals surface area contributed by atoms with Crippen LogP contribution in [0.15, 0.2) is 47.4 Å². The molecular formula is C22H29N3O3S. The van der Waals surface area contributed by atoms with Crippen molar-refractivity contribution in [2.24, 2.45) is 0 Å². The molecule has 1 amide bonds. The van der Waals surface area contributed by atoms with E-state index in [1.54, 1.807) is 12.1 Å². The minimum absolute atomic E-state index is 0.162. The van der Waals surface area contributed by atoms with Gasteiger partial charge in [0.25, 0.3) is 5.91 Å². The molecule has 0 saturated carbocycles. The number of likely N-dealkylation sites (N-methyl/N-ethyl adjacent to an activating group) is 1. The molecule has 0 aliphatic carbocycles. The largest absolute Gasteiger partial charge is 0.322 e. The Balaban J connectivity index is 1.89. The van der Waals surface area contributed by atoms with Gasteiger partial charge in [0.05, 0.1) is 4.90 Å². The number of sulfonamides is 1. The van der Waals surface area contributed by atoms with Gasteiger partial charge < -0.3 is 10.2 Å². The predicted octanol–water partition coefficient (Wildman–Crippen LogP) is 3.31. The van der Waals surface area contributed by atoms with Gasteiger partial charge in [0.1, 0.15) is 0 Å². The number of nitrogens with zero attached hydrogens (tertiary/aromatic N) is 2. The van der Waals surface area contributed by atoms with Crippen molar-refractivity contribution in [1.29, 1.82) is 0 Å². The third kappa shape index (κ3) is 4.69. The quantitative estimate of drug-likeness (QED) is 0.813. The van der Waals surface area contributed by atoms with E-state index in [0.717, 1.165) is 16.8 Å². The average molecular weight is 416 g/mol. The Morgan fingerprint density at radius 1 is 1.03 bits per heavy atom. The first-order valence-electron chi connectivity index (χ1n) is 9.90. The lowest BCUT2D eigenvalue weighted by Gasteiger charge is -2.31. The van der Waals surface area contributed by atoms with Crippen LogP contribution in [-0.2, 0) is 10.0 Å². The van der Waals surface area contributed by atoms with Gasteiger partial charge in [0.15, 0.2) is 0 Å². The summed E-state index contributed by atoms with van der Waals surface area (Å²) in [7, 11) is -1.65. The van der Waals surface area contributed by atoms with Crippen LogP contribution in [0.2, 0.25) is 0 Å². The van der Waals surface area contributed by atoms with Crippen LogP contribution in [0, 0.1) is 6.92 Å². The highest BCUT2D eigenvalue weighted by atomic mass is 32.2. The van der Waals surface area contributed by atoms with Crippen LogP contribution in [-0.4, -0.2) is 56.8 Å². The lowest BCUT2D eigenvalue weighted by atomic mass is 10.0. The topological polar surface area (TPSA) is 69.7 Å². The second kappa shape index (κ2) is 8.65. The lowest BCUT2D eigenvalue weighted by molar-refractivity contribution is 0.102. The van der Waals surface area contributed by atoms with E-state index in [9.17, 15) is 13.2 Å². The maximum Gasteiger partial charge on any atom is 0.255 e. The standard InChI is InChI=1S/C22H29N3O3S/c1-16(2)19-7-5-6-8-21(19)23-22(26)20-15-18(10-9-17(20)3)29(27,28)25-13-11-24(4)12-14-25/h5-10,15-16H,11-14H2,1-4H3,(H,23,26). The average Bonchev–Trinajstić information content (AvgIpc) is 2.68. The third-order valence-corrected chi connectivity index (χ3v) is 7.28. The normalized spacial score (nSPS) is 16.2. The van der Waals surface area contributed by atoms with Gasteiger partial charge in [-0.1, -0.05) is 38.1 Å². The number of hydrogen-bond donors (Lipinski definition) is 1. The zero-order chi connectivity index (χ0) is 21.2. The number of amides is 1. The van der Waals surface area contributed by atoms with Crippen molar-refractivity contribution in [3.05, 3.63) is 59.2 Å². The van der Waals surface area contributed by atoms with Crippen LogP contribution in [0.1, 0.15) is 41.3 Å². The van der Waals surface area contributed by atoms with Gasteiger partial charge in [-0.3, -0.25) is 4.79 Å². The molecule has 156 valence electrons. The van der Waals surface area contributed by atoms with E-state index in [1.807, 2.05) is 38.2 Å². The molecule has 2 aromatic rings. The SMILES string of the molecule is Cc1ccc(S(=O)(=O)N2CCN(C)CC2)cc1C(=O)Nc1ccccc1C(C)C. The summed E-state index contributed by atoms with van der Waals surface area (Å²) in [5, 5.41) is 2.96. The highest BCUT2D eigenvalue weighted by Gasteiger charge is 2.28. The Morgan fingerprint density at radius 2 is 1.69 bits per heavy atom. The van der Waals surface area contributed by atoms with Gasteiger partial charge in [0, 0.05) is 37.4 Å². The maximum absolute atomic E-state index is 13.1. The summed E-state index contributed by atoms with van der Waals surface area (Å²) in [6.07, 6.45) is 0. The van der Waals surface area contributed by atoms with E-state index in [0.29, 0.717) is 31.7 Å². The smallest absolute Gasteiger partial charge is 0.255 e. The molecular weight excluding hydrogens is 386 g/mol. The zero-order valence-corrected chi connectivity index (χ0v) is 18.3. The number of nitrogens with one attached hydrogen (secondary N) is 1. The molecule has 7 heteroatoms. The minimum Gasteiger partial charge on any atom is -0.322 e. The Morgan fingerprint density at radius 3 is 2.34 bits per heavy atom. The molecule has 0 aromatic heterocycles. The van der Waals surface area contributed by atoms with Gasteiger partial charge in [-0.25, -0.2) is 8.42 Å². The van der Waals surface area contributed by atoms with Crippen molar-refractivity contribution in [3.8, 4) is 0 Å². The first-order valence-corrected chi connectivity index (χ1v) is 11.3. The second-order valence-electron chi connectivity index (χ2n) is 7.88. The molecule has 1 aliphatic heterocycles. The summed E-state index contributed by atoms with van der Waals surface area (Å²) in [6.45, 7) is 8.26. The highest BCUT2D eigenvalue weighted by molar-refractivity contribution is 7.89. The fourth-order valence-corrected chi connectivity index (χ4v) is 4.94. The number of carbonyl (C=O) groups excluding carboxylic acids is 1. The number of anilines is 1. The monoisotopic (exact) mass is 415 g/mol. The number of carbonyl (C=O) groups is 1. The number of hydrogen-bond acceptors (Lipinski definition) is 4. The number of rotatable bonds is 5. The van der Waals surface area contributed by atoms with Crippen LogP contribution in [0.4, 0.5) is 5.69 Å². The van der Waals surface area contributed by atoms with Crippen LogP contribution in [0.3, 0.4) is 0 Å². The molecule has 1 saturated heterocycles. The van der Waals surface area contributed by atoms with Crippen molar-refractivity contribution in [1.82, 2.24) is 9.21 Å². The Bertz CT molecular complexity index is 994. The van der Waals surface area contributed by atoms with Crippen molar-refractivity contribution in [2.45, 2.75) is 31.6 Å². The molecule has 6 nitrogen and oxygen atoms in total. The van der Waals surface area contributed by atoms with E-state index in [2.05, 4.69) is 24.1 Å². The number of aryl methyl sites for hydroxylation is 1. The van der Waals surface area contributed by atoms with Crippen molar-refractivity contribution < 1.29 is 13.2 Å². The van der Waals surface area contributed by atoms with Crippen LogP contribution in [0.25, 0.3) is 0 Å². The van der Waals surface area contributed by atoms with Gasteiger partial charge in [0.2, 0.25) is 10.0 Å². The first-order chi connectivity index (χ1) is 13.7. The number of benzene rings is 2. The van der Waals surface area contributed by atoms with Gasteiger partial charge >= 0.3 is 0 Å². The molecule has 0 bridgehead atoms. The molecule has 0 unspecified atom stereocenters. The summed E-state index contributed by atoms with van der Waals surface area (Å²) in [6, 6.07) is 12.5. The molecule has 2 aromatic carbocycles. The zero-order valence-electron chi connectivity index (χ0n) is 17.5. The molecule has 1 heterocycles. The van der Waals surface area contributed by atoms with Gasteiger partial charge in [-0.15, -0.1) is 0 Å². The molecule has 0 spiro atoms. The molecule has 0 radical (unpaired) electrons. The molecule has 1 aliphatic rings. The minimum atomic E-state index is -3.63. The third-order valence-electron chi connectivity index (χ3n) is 5.38. The molecule has 0 atom stereocenters. The Hall–Kier alpha value is -2.22. The number of piperazine rings is 1. The molecule has 1 N–H and O–H groups in total. The maximum atomic E-state index is 13.1.